The number of para-hydroxylation sites is 2. The Bertz CT molecular complexity index is 1090. The molecule has 0 aliphatic carbocycles. The van der Waals surface area contributed by atoms with Crippen LogP contribution in [0.1, 0.15) is 23.9 Å². The van der Waals surface area contributed by atoms with Crippen LogP contribution in [0.25, 0.3) is 5.95 Å². The predicted molar refractivity (Wildman–Crippen MR) is 108 cm³/mol. The molecule has 0 spiro atoms. The summed E-state index contributed by atoms with van der Waals surface area (Å²) in [5.74, 6) is 1.23. The first-order valence-corrected chi connectivity index (χ1v) is 9.15. The van der Waals surface area contributed by atoms with Crippen molar-refractivity contribution in [2.75, 3.05) is 19.0 Å². The average Bonchev–Trinajstić information content (AvgIpc) is 3.06. The molecule has 9 nitrogen and oxygen atoms in total. The number of anilines is 1. The van der Waals surface area contributed by atoms with Gasteiger partial charge in [0.1, 0.15) is 5.82 Å². The van der Waals surface area contributed by atoms with Crippen molar-refractivity contribution in [3.63, 3.8) is 0 Å². The summed E-state index contributed by atoms with van der Waals surface area (Å²) in [6, 6.07) is 8.75. The van der Waals surface area contributed by atoms with Crippen molar-refractivity contribution in [1.82, 2.24) is 19.7 Å². The summed E-state index contributed by atoms with van der Waals surface area (Å²) < 4.78 is 12.1. The fourth-order valence-electron chi connectivity index (χ4n) is 2.92. The van der Waals surface area contributed by atoms with Gasteiger partial charge in [0.05, 0.1) is 12.8 Å². The molecule has 0 atom stereocenters. The predicted octanol–water partition coefficient (Wildman–Crippen LogP) is 2.16. The minimum absolute atomic E-state index is 0.220. The Morgan fingerprint density at radius 1 is 1.24 bits per heavy atom. The quantitative estimate of drug-likeness (QED) is 0.632. The highest BCUT2D eigenvalue weighted by molar-refractivity contribution is 5.91. The number of hydrogen-bond donors (Lipinski definition) is 2. The van der Waals surface area contributed by atoms with Gasteiger partial charge in [-0.05, 0) is 32.4 Å². The molecule has 29 heavy (non-hydrogen) atoms. The molecule has 2 heterocycles. The van der Waals surface area contributed by atoms with Gasteiger partial charge in [-0.2, -0.15) is 9.78 Å². The topological polar surface area (TPSA) is 111 Å². The lowest BCUT2D eigenvalue weighted by molar-refractivity contribution is -0.118. The van der Waals surface area contributed by atoms with Crippen molar-refractivity contribution in [3.8, 4) is 17.4 Å². The molecule has 0 unspecified atom stereocenters. The number of aromatic amines is 1. The van der Waals surface area contributed by atoms with Crippen LogP contribution in [0.15, 0.2) is 35.1 Å². The van der Waals surface area contributed by atoms with E-state index >= 15 is 0 Å². The Morgan fingerprint density at radius 3 is 2.62 bits per heavy atom. The van der Waals surface area contributed by atoms with Gasteiger partial charge >= 0.3 is 0 Å². The minimum atomic E-state index is -0.388. The number of nitrogens with one attached hydrogen (secondary N) is 2. The molecule has 0 bridgehead atoms. The van der Waals surface area contributed by atoms with Crippen LogP contribution in [0.5, 0.6) is 11.5 Å². The van der Waals surface area contributed by atoms with Crippen LogP contribution in [0, 0.1) is 13.8 Å². The summed E-state index contributed by atoms with van der Waals surface area (Å²) in [6.07, 6.45) is 0.580. The fraction of sp³-hybridized carbons (Fsp3) is 0.300. The SMILES string of the molecule is CCc1c(C)nc(-n2nc(C)cc2NC(=O)COc2ccccc2OC)[nH]c1=O. The number of amides is 1. The monoisotopic (exact) mass is 397 g/mol. The highest BCUT2D eigenvalue weighted by Crippen LogP contribution is 2.25. The van der Waals surface area contributed by atoms with Crippen molar-refractivity contribution in [3.05, 3.63) is 57.6 Å². The third kappa shape index (κ3) is 4.45. The lowest BCUT2D eigenvalue weighted by Crippen LogP contribution is -2.24. The molecular weight excluding hydrogens is 374 g/mol. The lowest BCUT2D eigenvalue weighted by Gasteiger charge is -2.12. The van der Waals surface area contributed by atoms with Crippen molar-refractivity contribution < 1.29 is 14.3 Å². The number of ether oxygens (including phenoxy) is 2. The Hall–Kier alpha value is -3.62. The number of carbonyl (C=O) groups excluding carboxylic acids is 1. The van der Waals surface area contributed by atoms with E-state index in [4.69, 9.17) is 9.47 Å². The molecule has 0 radical (unpaired) electrons. The maximum Gasteiger partial charge on any atom is 0.263 e. The van der Waals surface area contributed by atoms with Gasteiger partial charge in [-0.25, -0.2) is 4.98 Å². The summed E-state index contributed by atoms with van der Waals surface area (Å²) in [5.41, 5.74) is 1.68. The summed E-state index contributed by atoms with van der Waals surface area (Å²) in [7, 11) is 1.53. The van der Waals surface area contributed by atoms with Crippen LogP contribution < -0.4 is 20.3 Å². The number of hydrogen-bond acceptors (Lipinski definition) is 6. The summed E-state index contributed by atoms with van der Waals surface area (Å²) >= 11 is 0. The number of rotatable bonds is 7. The third-order valence-electron chi connectivity index (χ3n) is 4.29. The van der Waals surface area contributed by atoms with Gasteiger partial charge < -0.3 is 14.8 Å². The zero-order valence-electron chi connectivity index (χ0n) is 16.8. The maximum atomic E-state index is 12.4. The summed E-state index contributed by atoms with van der Waals surface area (Å²) in [4.78, 5) is 31.8. The molecule has 0 aliphatic heterocycles. The number of H-pyrrole nitrogens is 1. The van der Waals surface area contributed by atoms with E-state index in [1.54, 1.807) is 38.1 Å². The van der Waals surface area contributed by atoms with E-state index < -0.39 is 0 Å². The van der Waals surface area contributed by atoms with Crippen LogP contribution in [0.2, 0.25) is 0 Å². The standard InChI is InChI=1S/C20H23N5O4/c1-5-14-13(3)21-20(23-19(14)27)25-17(10-12(2)24-25)22-18(26)11-29-16-9-7-6-8-15(16)28-4/h6-10H,5,11H2,1-4H3,(H,22,26)(H,21,23,27). The first-order valence-electron chi connectivity index (χ1n) is 9.15. The van der Waals surface area contributed by atoms with Gasteiger partial charge in [-0.15, -0.1) is 0 Å². The van der Waals surface area contributed by atoms with Crippen LogP contribution in [0.3, 0.4) is 0 Å². The van der Waals surface area contributed by atoms with Crippen LogP contribution in [-0.4, -0.2) is 39.4 Å². The molecule has 3 aromatic rings. The van der Waals surface area contributed by atoms with E-state index in [0.29, 0.717) is 40.7 Å². The Balaban J connectivity index is 1.79. The highest BCUT2D eigenvalue weighted by Gasteiger charge is 2.15. The molecule has 2 aromatic heterocycles. The van der Waals surface area contributed by atoms with Crippen molar-refractivity contribution >= 4 is 11.7 Å². The molecule has 9 heteroatoms. The molecule has 0 aliphatic rings. The van der Waals surface area contributed by atoms with E-state index in [9.17, 15) is 9.59 Å². The minimum Gasteiger partial charge on any atom is -0.493 e. The number of aryl methyl sites for hydroxylation is 2. The number of methoxy groups -OCH3 is 1. The second kappa shape index (κ2) is 8.59. The maximum absolute atomic E-state index is 12.4. The van der Waals surface area contributed by atoms with Crippen molar-refractivity contribution in [2.45, 2.75) is 27.2 Å². The van der Waals surface area contributed by atoms with Gasteiger partial charge in [-0.1, -0.05) is 19.1 Å². The molecule has 0 saturated carbocycles. The molecule has 152 valence electrons. The Morgan fingerprint density at radius 2 is 1.97 bits per heavy atom. The largest absolute Gasteiger partial charge is 0.493 e. The first-order chi connectivity index (χ1) is 13.9. The molecule has 0 saturated heterocycles. The van der Waals surface area contributed by atoms with E-state index in [1.165, 1.54) is 11.8 Å². The van der Waals surface area contributed by atoms with Crippen LogP contribution in [0.4, 0.5) is 5.82 Å². The highest BCUT2D eigenvalue weighted by atomic mass is 16.5. The Kier molecular flexibility index (Phi) is 5.96. The smallest absolute Gasteiger partial charge is 0.263 e. The fourth-order valence-corrected chi connectivity index (χ4v) is 2.92. The summed E-state index contributed by atoms with van der Waals surface area (Å²) in [6.45, 7) is 5.23. The van der Waals surface area contributed by atoms with Crippen LogP contribution in [-0.2, 0) is 11.2 Å². The first kappa shape index (κ1) is 20.1. The molecule has 1 amide bonds. The van der Waals surface area contributed by atoms with Crippen molar-refractivity contribution in [2.24, 2.45) is 0 Å². The second-order valence-electron chi connectivity index (χ2n) is 6.38. The van der Waals surface area contributed by atoms with Gasteiger partial charge in [0.25, 0.3) is 11.5 Å². The van der Waals surface area contributed by atoms with Gasteiger partial charge in [-0.3, -0.25) is 14.6 Å². The summed E-state index contributed by atoms with van der Waals surface area (Å²) in [5, 5.41) is 7.06. The average molecular weight is 397 g/mol. The third-order valence-corrected chi connectivity index (χ3v) is 4.29. The van der Waals surface area contributed by atoms with E-state index in [1.807, 2.05) is 13.0 Å². The molecule has 1 aromatic carbocycles. The van der Waals surface area contributed by atoms with Gasteiger partial charge in [0.15, 0.2) is 18.1 Å². The number of aromatic nitrogens is 4. The Labute approximate surface area is 167 Å². The molecular formula is C20H23N5O4. The lowest BCUT2D eigenvalue weighted by atomic mass is 10.2. The van der Waals surface area contributed by atoms with E-state index in [0.717, 1.165) is 0 Å². The van der Waals surface area contributed by atoms with Gasteiger partial charge in [0.2, 0.25) is 5.95 Å². The van der Waals surface area contributed by atoms with E-state index in [2.05, 4.69) is 20.4 Å². The van der Waals surface area contributed by atoms with Crippen LogP contribution >= 0.6 is 0 Å². The van der Waals surface area contributed by atoms with Crippen molar-refractivity contribution in [1.29, 1.82) is 0 Å². The second-order valence-corrected chi connectivity index (χ2v) is 6.38. The zero-order chi connectivity index (χ0) is 21.0. The molecule has 0 fully saturated rings. The van der Waals surface area contributed by atoms with Gasteiger partial charge in [0, 0.05) is 17.3 Å². The molecule has 3 rings (SSSR count). The number of nitrogens with zero attached hydrogens (tertiary/aromatic N) is 3. The van der Waals surface area contributed by atoms with E-state index in [-0.39, 0.29) is 24.0 Å². The molecule has 2 N–H and O–H groups in total. The zero-order valence-corrected chi connectivity index (χ0v) is 16.8. The number of benzene rings is 1. The number of carbonyl (C=O) groups is 1. The normalized spacial score (nSPS) is 10.6.